The van der Waals surface area contributed by atoms with Crippen molar-refractivity contribution in [2.75, 3.05) is 0 Å². The van der Waals surface area contributed by atoms with Gasteiger partial charge >= 0.3 is 0 Å². The highest BCUT2D eigenvalue weighted by atomic mass is 16.5. The SMILES string of the molecule is CC1CC=C(c2cccc(-c3cccc4c3Oc3ccccc3C43c4ccccc4C4C=CC=CC43)c2)C=C1c1cc(-c2ccccc2)nc(-c2ccccc2)n1. The lowest BCUT2D eigenvalue weighted by Crippen LogP contribution is -2.37. The smallest absolute Gasteiger partial charge is 0.160 e. The lowest BCUT2D eigenvalue weighted by atomic mass is 9.61. The zero-order chi connectivity index (χ0) is 37.9. The molecule has 6 aromatic carbocycles. The number of hydrogen-bond donors (Lipinski definition) is 0. The van der Waals surface area contributed by atoms with Crippen molar-refractivity contribution in [2.45, 2.75) is 24.7 Å². The number of rotatable bonds is 5. The van der Waals surface area contributed by atoms with E-state index < -0.39 is 0 Å². The van der Waals surface area contributed by atoms with Crippen LogP contribution in [0.5, 0.6) is 11.5 Å². The zero-order valence-corrected chi connectivity index (χ0v) is 31.7. The number of ether oxygens (including phenoxy) is 1. The Balaban J connectivity index is 1.03. The molecule has 1 aliphatic heterocycles. The van der Waals surface area contributed by atoms with Crippen LogP contribution in [0.4, 0.5) is 0 Å². The van der Waals surface area contributed by atoms with E-state index in [1.54, 1.807) is 0 Å². The van der Waals surface area contributed by atoms with E-state index >= 15 is 0 Å². The zero-order valence-electron chi connectivity index (χ0n) is 31.7. The molecule has 3 aliphatic carbocycles. The van der Waals surface area contributed by atoms with E-state index in [9.17, 15) is 0 Å². The van der Waals surface area contributed by atoms with Gasteiger partial charge in [0.1, 0.15) is 11.5 Å². The molecule has 1 spiro atoms. The van der Waals surface area contributed by atoms with Crippen molar-refractivity contribution in [1.29, 1.82) is 0 Å². The molecule has 3 nitrogen and oxygen atoms in total. The molecule has 0 saturated carbocycles. The van der Waals surface area contributed by atoms with Crippen LogP contribution in [0.15, 0.2) is 194 Å². The van der Waals surface area contributed by atoms with E-state index in [0.29, 0.717) is 11.8 Å². The molecule has 0 amide bonds. The summed E-state index contributed by atoms with van der Waals surface area (Å²) in [6.45, 7) is 2.30. The number of hydrogen-bond acceptors (Lipinski definition) is 3. The van der Waals surface area contributed by atoms with E-state index in [0.717, 1.165) is 57.4 Å². The Morgan fingerprint density at radius 1 is 0.579 bits per heavy atom. The summed E-state index contributed by atoms with van der Waals surface area (Å²) in [5.74, 6) is 3.43. The third-order valence-corrected chi connectivity index (χ3v) is 12.5. The average Bonchev–Trinajstić information content (AvgIpc) is 3.57. The standard InChI is InChI=1S/C54H40N2O/c1-35-30-31-39(33-44(35)50-34-49(36-16-4-2-5-17-36)55-53(56-50)37-18-6-3-7-19-37)38-20-14-21-40(32-38)41-24-15-28-48-52(41)57-51-29-13-12-27-47(51)54(48)45-25-10-8-22-42(45)43-23-9-11-26-46(43)54/h2-29,31-35,42,45H,30H2,1H3. The summed E-state index contributed by atoms with van der Waals surface area (Å²) >= 11 is 0. The molecule has 1 aromatic heterocycles. The van der Waals surface area contributed by atoms with Gasteiger partial charge in [-0.25, -0.2) is 9.97 Å². The van der Waals surface area contributed by atoms with Gasteiger partial charge < -0.3 is 4.74 Å². The Bertz CT molecular complexity index is 2770. The van der Waals surface area contributed by atoms with Crippen LogP contribution < -0.4 is 4.74 Å². The highest BCUT2D eigenvalue weighted by molar-refractivity contribution is 5.89. The van der Waals surface area contributed by atoms with Crippen molar-refractivity contribution in [1.82, 2.24) is 9.97 Å². The van der Waals surface area contributed by atoms with Crippen LogP contribution in [-0.4, -0.2) is 9.97 Å². The molecule has 0 fully saturated rings. The summed E-state index contributed by atoms with van der Waals surface area (Å²) in [4.78, 5) is 10.3. The molecule has 0 radical (unpaired) electrons. The van der Waals surface area contributed by atoms with Gasteiger partial charge in [-0.15, -0.1) is 0 Å². The van der Waals surface area contributed by atoms with Gasteiger partial charge in [-0.05, 0) is 70.0 Å². The van der Waals surface area contributed by atoms with E-state index in [2.05, 4.69) is 177 Å². The fraction of sp³-hybridized carbons (Fsp3) is 0.111. The number of para-hydroxylation sites is 2. The predicted molar refractivity (Wildman–Crippen MR) is 232 cm³/mol. The van der Waals surface area contributed by atoms with Crippen LogP contribution in [0.2, 0.25) is 0 Å². The Kier molecular flexibility index (Phi) is 7.89. The minimum atomic E-state index is -0.380. The first-order valence-corrected chi connectivity index (χ1v) is 20.0. The van der Waals surface area contributed by atoms with Crippen molar-refractivity contribution in [3.8, 4) is 45.3 Å². The van der Waals surface area contributed by atoms with Gasteiger partial charge in [0, 0.05) is 39.7 Å². The molecule has 272 valence electrons. The van der Waals surface area contributed by atoms with Crippen LogP contribution >= 0.6 is 0 Å². The van der Waals surface area contributed by atoms with Crippen molar-refractivity contribution in [3.05, 3.63) is 228 Å². The maximum Gasteiger partial charge on any atom is 0.160 e. The van der Waals surface area contributed by atoms with Gasteiger partial charge in [-0.1, -0.05) is 177 Å². The van der Waals surface area contributed by atoms with Crippen LogP contribution in [-0.2, 0) is 5.41 Å². The molecule has 0 saturated heterocycles. The first-order chi connectivity index (χ1) is 28.2. The summed E-state index contributed by atoms with van der Waals surface area (Å²) in [6, 6.07) is 56.3. The summed E-state index contributed by atoms with van der Waals surface area (Å²) < 4.78 is 7.03. The predicted octanol–water partition coefficient (Wildman–Crippen LogP) is 13.3. The molecule has 2 heterocycles. The third-order valence-electron chi connectivity index (χ3n) is 12.5. The molecule has 3 heteroatoms. The van der Waals surface area contributed by atoms with Gasteiger partial charge in [0.15, 0.2) is 5.82 Å². The molecular formula is C54H40N2O. The first kappa shape index (κ1) is 33.5. The lowest BCUT2D eigenvalue weighted by molar-refractivity contribution is 0.375. The minimum Gasteiger partial charge on any atom is -0.456 e. The van der Waals surface area contributed by atoms with Crippen LogP contribution in [0.1, 0.15) is 52.8 Å². The molecule has 7 aromatic rings. The summed E-state index contributed by atoms with van der Waals surface area (Å²) in [7, 11) is 0. The summed E-state index contributed by atoms with van der Waals surface area (Å²) in [6.07, 6.45) is 14.9. The Morgan fingerprint density at radius 2 is 1.25 bits per heavy atom. The molecule has 0 N–H and O–H groups in total. The third kappa shape index (κ3) is 5.33. The maximum atomic E-state index is 7.03. The Hall–Kier alpha value is -6.84. The fourth-order valence-corrected chi connectivity index (χ4v) is 9.88. The normalized spacial score (nSPS) is 21.1. The van der Waals surface area contributed by atoms with E-state index in [4.69, 9.17) is 14.7 Å². The lowest BCUT2D eigenvalue weighted by Gasteiger charge is -2.43. The molecule has 4 unspecified atom stereocenters. The van der Waals surface area contributed by atoms with E-state index in [-0.39, 0.29) is 11.3 Å². The number of aromatic nitrogens is 2. The summed E-state index contributed by atoms with van der Waals surface area (Å²) in [5.41, 5.74) is 14.7. The summed E-state index contributed by atoms with van der Waals surface area (Å²) in [5, 5.41) is 0. The number of nitrogens with zero attached hydrogens (tertiary/aromatic N) is 2. The van der Waals surface area contributed by atoms with Crippen molar-refractivity contribution in [3.63, 3.8) is 0 Å². The van der Waals surface area contributed by atoms with E-state index in [1.807, 2.05) is 24.3 Å². The maximum absolute atomic E-state index is 7.03. The highest BCUT2D eigenvalue weighted by Gasteiger charge is 2.56. The van der Waals surface area contributed by atoms with E-state index in [1.165, 1.54) is 39.0 Å². The number of allylic oxidation sites excluding steroid dienone is 8. The minimum absolute atomic E-state index is 0.231. The van der Waals surface area contributed by atoms with Gasteiger partial charge in [0.25, 0.3) is 0 Å². The second-order valence-electron chi connectivity index (χ2n) is 15.7. The first-order valence-electron chi connectivity index (χ1n) is 20.0. The molecule has 57 heavy (non-hydrogen) atoms. The van der Waals surface area contributed by atoms with Gasteiger partial charge in [-0.2, -0.15) is 0 Å². The van der Waals surface area contributed by atoms with Crippen molar-refractivity contribution >= 4 is 11.1 Å². The van der Waals surface area contributed by atoms with Gasteiger partial charge in [0.05, 0.1) is 16.8 Å². The van der Waals surface area contributed by atoms with Gasteiger partial charge in [-0.3, -0.25) is 0 Å². The topological polar surface area (TPSA) is 35.0 Å². The molecular weight excluding hydrogens is 693 g/mol. The molecule has 11 rings (SSSR count). The quantitative estimate of drug-likeness (QED) is 0.177. The number of benzene rings is 6. The van der Waals surface area contributed by atoms with Crippen LogP contribution in [0.25, 0.3) is 44.9 Å². The average molecular weight is 733 g/mol. The second kappa shape index (κ2) is 13.4. The molecule has 4 atom stereocenters. The monoisotopic (exact) mass is 732 g/mol. The van der Waals surface area contributed by atoms with Crippen molar-refractivity contribution < 1.29 is 4.74 Å². The largest absolute Gasteiger partial charge is 0.456 e. The molecule has 4 aliphatic rings. The Labute approximate surface area is 334 Å². The Morgan fingerprint density at radius 3 is 2.11 bits per heavy atom. The van der Waals surface area contributed by atoms with Crippen LogP contribution in [0.3, 0.4) is 0 Å². The van der Waals surface area contributed by atoms with Gasteiger partial charge in [0.2, 0.25) is 0 Å². The van der Waals surface area contributed by atoms with Crippen LogP contribution in [0, 0.1) is 11.8 Å². The van der Waals surface area contributed by atoms with Crippen molar-refractivity contribution in [2.24, 2.45) is 11.8 Å². The molecule has 0 bridgehead atoms. The second-order valence-corrected chi connectivity index (χ2v) is 15.7. The highest BCUT2D eigenvalue weighted by Crippen LogP contribution is 2.65. The fourth-order valence-electron chi connectivity index (χ4n) is 9.88. The number of fused-ring (bicyclic) bond motifs is 9.